The molecule has 1 atom stereocenters. The SMILES string of the molecule is CC1(O)CCCN(c2ccc(C(=N)N)c(Cl)c2)C1. The molecule has 1 aliphatic rings. The molecule has 2 rings (SSSR count). The third-order valence-corrected chi connectivity index (χ3v) is 3.60. The van der Waals surface area contributed by atoms with Gasteiger partial charge >= 0.3 is 0 Å². The number of rotatable bonds is 2. The van der Waals surface area contributed by atoms with Gasteiger partial charge in [0, 0.05) is 24.3 Å². The Morgan fingerprint density at radius 3 is 2.83 bits per heavy atom. The van der Waals surface area contributed by atoms with Gasteiger partial charge in [-0.25, -0.2) is 0 Å². The highest BCUT2D eigenvalue weighted by atomic mass is 35.5. The van der Waals surface area contributed by atoms with Crippen LogP contribution in [0.3, 0.4) is 0 Å². The highest BCUT2D eigenvalue weighted by Crippen LogP contribution is 2.28. The van der Waals surface area contributed by atoms with E-state index in [0.29, 0.717) is 17.1 Å². The summed E-state index contributed by atoms with van der Waals surface area (Å²) in [6.45, 7) is 3.36. The van der Waals surface area contributed by atoms with Gasteiger partial charge in [0.05, 0.1) is 10.6 Å². The summed E-state index contributed by atoms with van der Waals surface area (Å²) in [5, 5.41) is 18.0. The van der Waals surface area contributed by atoms with E-state index in [1.807, 2.05) is 13.0 Å². The summed E-state index contributed by atoms with van der Waals surface area (Å²) in [4.78, 5) is 2.11. The number of β-amino-alcohol motifs (C(OH)–C–C–N with tert-alkyl or cyclic N) is 1. The van der Waals surface area contributed by atoms with E-state index >= 15 is 0 Å². The minimum atomic E-state index is -0.649. The number of amidine groups is 1. The molecule has 1 unspecified atom stereocenters. The van der Waals surface area contributed by atoms with Gasteiger partial charge in [0.2, 0.25) is 0 Å². The first-order chi connectivity index (χ1) is 8.39. The highest BCUT2D eigenvalue weighted by Gasteiger charge is 2.28. The van der Waals surface area contributed by atoms with Crippen molar-refractivity contribution in [2.24, 2.45) is 5.73 Å². The number of aliphatic hydroxyl groups is 1. The van der Waals surface area contributed by atoms with Crippen molar-refractivity contribution in [2.75, 3.05) is 18.0 Å². The summed E-state index contributed by atoms with van der Waals surface area (Å²) in [7, 11) is 0. The van der Waals surface area contributed by atoms with Gasteiger partial charge in [-0.05, 0) is 38.0 Å². The predicted octanol–water partition coefficient (Wildman–Crippen LogP) is 1.98. The first-order valence-corrected chi connectivity index (χ1v) is 6.38. The number of piperidine rings is 1. The molecule has 5 heteroatoms. The van der Waals surface area contributed by atoms with E-state index in [4.69, 9.17) is 22.7 Å². The minimum Gasteiger partial charge on any atom is -0.388 e. The number of nitrogen functional groups attached to an aromatic ring is 1. The van der Waals surface area contributed by atoms with Gasteiger partial charge in [-0.2, -0.15) is 0 Å². The monoisotopic (exact) mass is 267 g/mol. The maximum absolute atomic E-state index is 10.1. The first kappa shape index (κ1) is 13.2. The molecule has 4 nitrogen and oxygen atoms in total. The topological polar surface area (TPSA) is 73.3 Å². The molecule has 1 aromatic carbocycles. The van der Waals surface area contributed by atoms with Crippen LogP contribution in [0.15, 0.2) is 18.2 Å². The maximum Gasteiger partial charge on any atom is 0.124 e. The molecule has 0 amide bonds. The summed E-state index contributed by atoms with van der Waals surface area (Å²) in [5.41, 5.74) is 6.29. The molecule has 98 valence electrons. The van der Waals surface area contributed by atoms with Gasteiger partial charge in [-0.15, -0.1) is 0 Å². The maximum atomic E-state index is 10.1. The Morgan fingerprint density at radius 2 is 2.28 bits per heavy atom. The van der Waals surface area contributed by atoms with E-state index in [0.717, 1.165) is 25.1 Å². The van der Waals surface area contributed by atoms with Gasteiger partial charge in [0.15, 0.2) is 0 Å². The van der Waals surface area contributed by atoms with Crippen LogP contribution in [0.4, 0.5) is 5.69 Å². The Hall–Kier alpha value is -1.26. The summed E-state index contributed by atoms with van der Waals surface area (Å²) >= 11 is 6.10. The number of anilines is 1. The number of hydrogen-bond acceptors (Lipinski definition) is 3. The largest absolute Gasteiger partial charge is 0.388 e. The van der Waals surface area contributed by atoms with Crippen LogP contribution in [-0.4, -0.2) is 29.6 Å². The molecular weight excluding hydrogens is 250 g/mol. The predicted molar refractivity (Wildman–Crippen MR) is 74.5 cm³/mol. The molecule has 0 spiro atoms. The number of nitrogens with zero attached hydrogens (tertiary/aromatic N) is 1. The average molecular weight is 268 g/mol. The molecule has 1 aliphatic heterocycles. The Bertz CT molecular complexity index is 473. The molecule has 0 radical (unpaired) electrons. The standard InChI is InChI=1S/C13H18ClN3O/c1-13(18)5-2-6-17(8-13)9-3-4-10(12(15)16)11(14)7-9/h3-4,7,18H,2,5-6,8H2,1H3,(H3,15,16). The molecule has 4 N–H and O–H groups in total. The zero-order chi connectivity index (χ0) is 13.3. The van der Waals surface area contributed by atoms with Crippen molar-refractivity contribution in [1.82, 2.24) is 0 Å². The normalized spacial score (nSPS) is 24.1. The smallest absolute Gasteiger partial charge is 0.124 e. The summed E-state index contributed by atoms with van der Waals surface area (Å²) in [5.74, 6) is -0.0304. The molecular formula is C13H18ClN3O. The second kappa shape index (κ2) is 4.78. The van der Waals surface area contributed by atoms with Gasteiger partial charge < -0.3 is 15.7 Å². The van der Waals surface area contributed by atoms with Crippen LogP contribution in [-0.2, 0) is 0 Å². The lowest BCUT2D eigenvalue weighted by atomic mass is 9.94. The van der Waals surface area contributed by atoms with E-state index in [9.17, 15) is 5.11 Å². The average Bonchev–Trinajstić information content (AvgIpc) is 2.27. The molecule has 1 aromatic rings. The lowest BCUT2D eigenvalue weighted by Gasteiger charge is -2.38. The number of nitrogens with one attached hydrogen (secondary N) is 1. The van der Waals surface area contributed by atoms with Crippen molar-refractivity contribution in [3.63, 3.8) is 0 Å². The van der Waals surface area contributed by atoms with Gasteiger partial charge in [0.1, 0.15) is 5.84 Å². The molecule has 0 aliphatic carbocycles. The van der Waals surface area contributed by atoms with E-state index in [1.54, 1.807) is 12.1 Å². The van der Waals surface area contributed by atoms with Crippen LogP contribution < -0.4 is 10.6 Å². The fourth-order valence-electron chi connectivity index (χ4n) is 2.36. The number of hydrogen-bond donors (Lipinski definition) is 3. The summed E-state index contributed by atoms with van der Waals surface area (Å²) < 4.78 is 0. The number of halogens is 1. The molecule has 18 heavy (non-hydrogen) atoms. The van der Waals surface area contributed by atoms with Crippen molar-refractivity contribution < 1.29 is 5.11 Å². The lowest BCUT2D eigenvalue weighted by Crippen LogP contribution is -2.46. The Balaban J connectivity index is 2.24. The molecule has 1 fully saturated rings. The molecule has 0 aromatic heterocycles. The van der Waals surface area contributed by atoms with E-state index < -0.39 is 5.60 Å². The van der Waals surface area contributed by atoms with Crippen LogP contribution in [0, 0.1) is 5.41 Å². The van der Waals surface area contributed by atoms with Crippen molar-refractivity contribution in [2.45, 2.75) is 25.4 Å². The van der Waals surface area contributed by atoms with Crippen molar-refractivity contribution in [3.05, 3.63) is 28.8 Å². The van der Waals surface area contributed by atoms with Crippen LogP contribution >= 0.6 is 11.6 Å². The Labute approximate surface area is 112 Å². The number of benzene rings is 1. The van der Waals surface area contributed by atoms with Crippen molar-refractivity contribution in [3.8, 4) is 0 Å². The summed E-state index contributed by atoms with van der Waals surface area (Å²) in [6, 6.07) is 5.45. The first-order valence-electron chi connectivity index (χ1n) is 6.00. The van der Waals surface area contributed by atoms with E-state index in [2.05, 4.69) is 4.90 Å². The van der Waals surface area contributed by atoms with Crippen LogP contribution in [0.5, 0.6) is 0 Å². The highest BCUT2D eigenvalue weighted by molar-refractivity contribution is 6.34. The van der Waals surface area contributed by atoms with Gasteiger partial charge in [-0.3, -0.25) is 5.41 Å². The molecule has 0 bridgehead atoms. The quantitative estimate of drug-likeness (QED) is 0.567. The minimum absolute atomic E-state index is 0.0304. The van der Waals surface area contributed by atoms with Crippen LogP contribution in [0.2, 0.25) is 5.02 Å². The van der Waals surface area contributed by atoms with Crippen LogP contribution in [0.1, 0.15) is 25.3 Å². The van der Waals surface area contributed by atoms with Crippen molar-refractivity contribution >= 4 is 23.1 Å². The molecule has 0 saturated carbocycles. The lowest BCUT2D eigenvalue weighted by molar-refractivity contribution is 0.0449. The second-order valence-electron chi connectivity index (χ2n) is 5.10. The third kappa shape index (κ3) is 2.76. The van der Waals surface area contributed by atoms with E-state index in [-0.39, 0.29) is 5.84 Å². The van der Waals surface area contributed by atoms with Crippen LogP contribution in [0.25, 0.3) is 0 Å². The Kier molecular flexibility index (Phi) is 3.50. The van der Waals surface area contributed by atoms with Crippen molar-refractivity contribution in [1.29, 1.82) is 5.41 Å². The van der Waals surface area contributed by atoms with Gasteiger partial charge in [0.25, 0.3) is 0 Å². The molecule has 1 saturated heterocycles. The fraction of sp³-hybridized carbons (Fsp3) is 0.462. The van der Waals surface area contributed by atoms with E-state index in [1.165, 1.54) is 0 Å². The fourth-order valence-corrected chi connectivity index (χ4v) is 2.64. The Morgan fingerprint density at radius 1 is 1.56 bits per heavy atom. The third-order valence-electron chi connectivity index (χ3n) is 3.28. The zero-order valence-electron chi connectivity index (χ0n) is 10.4. The zero-order valence-corrected chi connectivity index (χ0v) is 11.2. The second-order valence-corrected chi connectivity index (χ2v) is 5.51. The number of nitrogens with two attached hydrogens (primary N) is 1. The summed E-state index contributed by atoms with van der Waals surface area (Å²) in [6.07, 6.45) is 1.78. The molecule has 1 heterocycles. The van der Waals surface area contributed by atoms with Gasteiger partial charge in [-0.1, -0.05) is 11.6 Å².